The van der Waals surface area contributed by atoms with Crippen LogP contribution in [0.1, 0.15) is 18.4 Å². The van der Waals surface area contributed by atoms with Crippen molar-refractivity contribution in [3.8, 4) is 0 Å². The van der Waals surface area contributed by atoms with Gasteiger partial charge in [0.05, 0.1) is 11.5 Å². The zero-order chi connectivity index (χ0) is 13.3. The smallest absolute Gasteiger partial charge is 0.269 e. The molecule has 0 heterocycles. The number of rotatable bonds is 5. The third-order valence-corrected chi connectivity index (χ3v) is 3.67. The van der Waals surface area contributed by atoms with Crippen molar-refractivity contribution in [2.45, 2.75) is 25.3 Å². The van der Waals surface area contributed by atoms with E-state index in [-0.39, 0.29) is 35.7 Å². The summed E-state index contributed by atoms with van der Waals surface area (Å²) in [5, 5.41) is 19.9. The Morgan fingerprint density at radius 1 is 1.56 bits per heavy atom. The SMILES string of the molecule is N[C@@H](Cc1cc([N+](=O)[O-])ccc1F)C1(CO)CC1. The first-order chi connectivity index (χ1) is 8.48. The number of hydrogen-bond acceptors (Lipinski definition) is 4. The van der Waals surface area contributed by atoms with Gasteiger partial charge in [0.2, 0.25) is 0 Å². The Morgan fingerprint density at radius 2 is 2.22 bits per heavy atom. The first-order valence-electron chi connectivity index (χ1n) is 5.78. The van der Waals surface area contributed by atoms with Crippen molar-refractivity contribution < 1.29 is 14.4 Å². The minimum atomic E-state index is -0.562. The van der Waals surface area contributed by atoms with Gasteiger partial charge in [-0.3, -0.25) is 10.1 Å². The number of nitro benzene ring substituents is 1. The first-order valence-corrected chi connectivity index (χ1v) is 5.78. The number of benzene rings is 1. The van der Waals surface area contributed by atoms with E-state index in [9.17, 15) is 19.6 Å². The van der Waals surface area contributed by atoms with Gasteiger partial charge in [0.15, 0.2) is 0 Å². The van der Waals surface area contributed by atoms with Crippen molar-refractivity contribution in [3.05, 3.63) is 39.7 Å². The molecule has 1 saturated carbocycles. The van der Waals surface area contributed by atoms with E-state index in [1.165, 1.54) is 6.07 Å². The van der Waals surface area contributed by atoms with Gasteiger partial charge in [0.1, 0.15) is 5.82 Å². The lowest BCUT2D eigenvalue weighted by molar-refractivity contribution is -0.385. The highest BCUT2D eigenvalue weighted by atomic mass is 19.1. The van der Waals surface area contributed by atoms with Crippen LogP contribution >= 0.6 is 0 Å². The van der Waals surface area contributed by atoms with Crippen LogP contribution in [0, 0.1) is 21.3 Å². The summed E-state index contributed by atoms with van der Waals surface area (Å²) >= 11 is 0. The Bertz CT molecular complexity index is 474. The fourth-order valence-corrected chi connectivity index (χ4v) is 2.09. The molecule has 98 valence electrons. The zero-order valence-corrected chi connectivity index (χ0v) is 9.80. The summed E-state index contributed by atoms with van der Waals surface area (Å²) in [4.78, 5) is 10.1. The molecule has 1 aliphatic rings. The molecule has 1 fully saturated rings. The van der Waals surface area contributed by atoms with Crippen LogP contribution in [0.3, 0.4) is 0 Å². The van der Waals surface area contributed by atoms with E-state index in [1.807, 2.05) is 0 Å². The van der Waals surface area contributed by atoms with Crippen LogP contribution in [0.2, 0.25) is 0 Å². The Morgan fingerprint density at radius 3 is 2.72 bits per heavy atom. The highest BCUT2D eigenvalue weighted by molar-refractivity contribution is 5.36. The minimum Gasteiger partial charge on any atom is -0.396 e. The molecule has 0 amide bonds. The van der Waals surface area contributed by atoms with Crippen LogP contribution in [0.15, 0.2) is 18.2 Å². The van der Waals surface area contributed by atoms with Crippen LogP contribution in [0.25, 0.3) is 0 Å². The van der Waals surface area contributed by atoms with E-state index in [0.717, 1.165) is 25.0 Å². The molecule has 1 atom stereocenters. The van der Waals surface area contributed by atoms with Crippen LogP contribution in [-0.2, 0) is 6.42 Å². The van der Waals surface area contributed by atoms with E-state index in [2.05, 4.69) is 0 Å². The van der Waals surface area contributed by atoms with E-state index >= 15 is 0 Å². The number of nitrogens with two attached hydrogens (primary N) is 1. The van der Waals surface area contributed by atoms with Crippen LogP contribution < -0.4 is 5.73 Å². The number of halogens is 1. The number of aliphatic hydroxyl groups is 1. The van der Waals surface area contributed by atoms with Crippen LogP contribution in [-0.4, -0.2) is 22.7 Å². The summed E-state index contributed by atoms with van der Waals surface area (Å²) in [6, 6.07) is 3.05. The van der Waals surface area contributed by atoms with Crippen molar-refractivity contribution in [1.29, 1.82) is 0 Å². The largest absolute Gasteiger partial charge is 0.396 e. The van der Waals surface area contributed by atoms with Gasteiger partial charge >= 0.3 is 0 Å². The number of aliphatic hydroxyl groups excluding tert-OH is 1. The topological polar surface area (TPSA) is 89.4 Å². The normalized spacial score (nSPS) is 18.4. The molecule has 0 bridgehead atoms. The molecule has 2 rings (SSSR count). The summed E-state index contributed by atoms with van der Waals surface area (Å²) < 4.78 is 13.6. The van der Waals surface area contributed by atoms with Crippen molar-refractivity contribution in [2.75, 3.05) is 6.61 Å². The predicted molar refractivity (Wildman–Crippen MR) is 63.5 cm³/mol. The highest BCUT2D eigenvalue weighted by Crippen LogP contribution is 2.48. The van der Waals surface area contributed by atoms with Crippen molar-refractivity contribution in [3.63, 3.8) is 0 Å². The van der Waals surface area contributed by atoms with Gasteiger partial charge in [-0.2, -0.15) is 0 Å². The lowest BCUT2D eigenvalue weighted by Gasteiger charge is -2.21. The summed E-state index contributed by atoms with van der Waals surface area (Å²) in [6.07, 6.45) is 1.84. The summed E-state index contributed by atoms with van der Waals surface area (Å²) in [5.74, 6) is -0.496. The number of nitro groups is 1. The lowest BCUT2D eigenvalue weighted by atomic mass is 9.92. The van der Waals surface area contributed by atoms with Gasteiger partial charge in [0, 0.05) is 23.6 Å². The molecule has 0 aliphatic heterocycles. The molecule has 0 radical (unpaired) electrons. The van der Waals surface area contributed by atoms with Crippen molar-refractivity contribution >= 4 is 5.69 Å². The third-order valence-electron chi connectivity index (χ3n) is 3.67. The molecule has 5 nitrogen and oxygen atoms in total. The number of hydrogen-bond donors (Lipinski definition) is 2. The second-order valence-electron chi connectivity index (χ2n) is 4.86. The molecule has 0 saturated heterocycles. The summed E-state index contributed by atoms with van der Waals surface area (Å²) in [5.41, 5.74) is 5.72. The molecule has 0 unspecified atom stereocenters. The number of non-ortho nitro benzene ring substituents is 1. The molecule has 6 heteroatoms. The predicted octanol–water partition coefficient (Wildman–Crippen LogP) is 1.38. The Balaban J connectivity index is 2.18. The molecule has 3 N–H and O–H groups in total. The second kappa shape index (κ2) is 4.62. The van der Waals surface area contributed by atoms with Crippen LogP contribution in [0.4, 0.5) is 10.1 Å². The van der Waals surface area contributed by atoms with E-state index in [4.69, 9.17) is 5.73 Å². The average molecular weight is 254 g/mol. The highest BCUT2D eigenvalue weighted by Gasteiger charge is 2.47. The number of nitrogens with zero attached hydrogens (tertiary/aromatic N) is 1. The molecule has 1 aliphatic carbocycles. The summed E-state index contributed by atoms with van der Waals surface area (Å²) in [7, 11) is 0. The maximum atomic E-state index is 13.6. The third kappa shape index (κ3) is 2.34. The van der Waals surface area contributed by atoms with Gasteiger partial charge in [-0.1, -0.05) is 0 Å². The lowest BCUT2D eigenvalue weighted by Crippen LogP contribution is -2.36. The van der Waals surface area contributed by atoms with Gasteiger partial charge in [0.25, 0.3) is 5.69 Å². The quantitative estimate of drug-likeness (QED) is 0.613. The van der Waals surface area contributed by atoms with Crippen molar-refractivity contribution in [2.24, 2.45) is 11.1 Å². The molecule has 1 aromatic carbocycles. The maximum absolute atomic E-state index is 13.6. The van der Waals surface area contributed by atoms with Crippen molar-refractivity contribution in [1.82, 2.24) is 0 Å². The Kier molecular flexibility index (Phi) is 3.32. The van der Waals surface area contributed by atoms with Crippen LogP contribution in [0.5, 0.6) is 0 Å². The Labute approximate surface area is 104 Å². The molecule has 0 spiro atoms. The summed E-state index contributed by atoms with van der Waals surface area (Å²) in [6.45, 7) is -0.0231. The van der Waals surface area contributed by atoms with Gasteiger partial charge in [-0.05, 0) is 30.9 Å². The fraction of sp³-hybridized carbons (Fsp3) is 0.500. The fourth-order valence-electron chi connectivity index (χ4n) is 2.09. The molecule has 0 aromatic heterocycles. The second-order valence-corrected chi connectivity index (χ2v) is 4.86. The maximum Gasteiger partial charge on any atom is 0.269 e. The molecule has 18 heavy (non-hydrogen) atoms. The molecule has 1 aromatic rings. The van der Waals surface area contributed by atoms with Gasteiger partial charge in [-0.15, -0.1) is 0 Å². The average Bonchev–Trinajstić information content (AvgIpc) is 3.12. The Hall–Kier alpha value is -1.53. The monoisotopic (exact) mass is 254 g/mol. The molecular weight excluding hydrogens is 239 g/mol. The molecular formula is C12H15FN2O3. The van der Waals surface area contributed by atoms with E-state index in [1.54, 1.807) is 0 Å². The first kappa shape index (κ1) is 12.9. The van der Waals surface area contributed by atoms with E-state index in [0.29, 0.717) is 0 Å². The van der Waals surface area contributed by atoms with Gasteiger partial charge in [-0.25, -0.2) is 4.39 Å². The standard InChI is InChI=1S/C12H15FN2O3/c13-10-2-1-9(15(17)18)5-8(10)6-11(14)12(7-16)3-4-12/h1-2,5,11,16H,3-4,6-7,14H2/t11-/m0/s1. The zero-order valence-electron chi connectivity index (χ0n) is 9.80. The van der Waals surface area contributed by atoms with Gasteiger partial charge < -0.3 is 10.8 Å². The minimum absolute atomic E-state index is 0.0231. The van der Waals surface area contributed by atoms with E-state index < -0.39 is 10.7 Å².